The van der Waals surface area contributed by atoms with Gasteiger partial charge in [0.1, 0.15) is 13.2 Å². The maximum Gasteiger partial charge on any atom is 0.294 e. The molecule has 0 saturated carbocycles. The molecule has 198 valence electrons. The number of carbonyl (C=O) groups excluding carboxylic acids is 3. The molecule has 0 spiro atoms. The Kier molecular flexibility index (Phi) is 9.55. The van der Waals surface area contributed by atoms with Crippen LogP contribution < -0.4 is 14.8 Å². The zero-order valence-corrected chi connectivity index (χ0v) is 24.7. The molecule has 0 atom stereocenters. The lowest BCUT2D eigenvalue weighted by molar-refractivity contribution is -0.127. The smallest absolute Gasteiger partial charge is 0.294 e. The fourth-order valence-electron chi connectivity index (χ4n) is 3.70. The van der Waals surface area contributed by atoms with Crippen molar-refractivity contribution in [1.82, 2.24) is 4.90 Å². The number of halogens is 1. The number of anilines is 1. The maximum absolute atomic E-state index is 13.0. The van der Waals surface area contributed by atoms with E-state index in [1.165, 1.54) is 7.11 Å². The van der Waals surface area contributed by atoms with E-state index >= 15 is 0 Å². The van der Waals surface area contributed by atoms with Gasteiger partial charge < -0.3 is 14.8 Å². The summed E-state index contributed by atoms with van der Waals surface area (Å²) < 4.78 is 12.2. The molecule has 39 heavy (non-hydrogen) atoms. The zero-order valence-electron chi connectivity index (χ0n) is 20.9. The molecule has 1 aliphatic heterocycles. The second-order valence-electron chi connectivity index (χ2n) is 8.14. The maximum atomic E-state index is 13.0. The number of benzene rings is 3. The number of nitrogens with one attached hydrogen (secondary N) is 1. The van der Waals surface area contributed by atoms with Crippen molar-refractivity contribution in [2.45, 2.75) is 11.5 Å². The Balaban J connectivity index is 1.47. The number of imide groups is 1. The van der Waals surface area contributed by atoms with E-state index in [9.17, 15) is 19.6 Å². The van der Waals surface area contributed by atoms with Crippen LogP contribution in [-0.2, 0) is 16.2 Å². The number of methoxy groups -OCH3 is 1. The van der Waals surface area contributed by atoms with Crippen molar-refractivity contribution >= 4 is 74.9 Å². The minimum absolute atomic E-state index is 0.179. The molecule has 1 N–H and O–H groups in total. The molecule has 1 aliphatic rings. The Labute approximate surface area is 247 Å². The Hall–Kier alpha value is -3.47. The van der Waals surface area contributed by atoms with Gasteiger partial charge in [0.15, 0.2) is 11.5 Å². The standard InChI is InChI=1S/C28H22IN3O5S2/c1-36-23-11-17(10-22(29)26(23)37-16-19-7-4-3-6-18(19)14-30)12-24-27(34)32(28(35)39-24)15-25(33)31-20-8-5-9-21(13-20)38-2/h3-13H,15-16H2,1-2H3,(H,31,33)/b24-12+. The fraction of sp³-hybridized carbons (Fsp3) is 0.143. The average Bonchev–Trinajstić information content (AvgIpc) is 3.19. The zero-order chi connectivity index (χ0) is 27.9. The third-order valence-corrected chi connectivity index (χ3v) is 8.02. The minimum atomic E-state index is -0.541. The molecular formula is C28H22IN3O5S2. The summed E-state index contributed by atoms with van der Waals surface area (Å²) in [6, 6.07) is 20.1. The molecule has 0 bridgehead atoms. The number of amides is 3. The van der Waals surface area contributed by atoms with E-state index in [1.807, 2.05) is 36.6 Å². The van der Waals surface area contributed by atoms with Crippen LogP contribution in [0.2, 0.25) is 0 Å². The lowest BCUT2D eigenvalue weighted by Gasteiger charge is -2.14. The van der Waals surface area contributed by atoms with E-state index in [4.69, 9.17) is 9.47 Å². The van der Waals surface area contributed by atoms with Crippen LogP contribution in [0.3, 0.4) is 0 Å². The van der Waals surface area contributed by atoms with Crippen LogP contribution in [0.5, 0.6) is 11.5 Å². The van der Waals surface area contributed by atoms with Crippen LogP contribution >= 0.6 is 46.1 Å². The second-order valence-corrected chi connectivity index (χ2v) is 11.2. The molecule has 11 heteroatoms. The highest BCUT2D eigenvalue weighted by molar-refractivity contribution is 14.1. The first kappa shape index (κ1) is 28.5. The highest BCUT2D eigenvalue weighted by Gasteiger charge is 2.36. The van der Waals surface area contributed by atoms with Gasteiger partial charge in [0, 0.05) is 16.1 Å². The van der Waals surface area contributed by atoms with Crippen molar-refractivity contribution < 1.29 is 23.9 Å². The number of thioether (sulfide) groups is 2. The molecule has 4 rings (SSSR count). The first-order valence-corrected chi connectivity index (χ1v) is 14.6. The highest BCUT2D eigenvalue weighted by atomic mass is 127. The molecule has 0 radical (unpaired) electrons. The van der Waals surface area contributed by atoms with Gasteiger partial charge in [-0.2, -0.15) is 5.26 Å². The van der Waals surface area contributed by atoms with Gasteiger partial charge in [-0.25, -0.2) is 0 Å². The van der Waals surface area contributed by atoms with Gasteiger partial charge in [-0.05, 0) is 88.6 Å². The number of rotatable bonds is 9. The number of nitriles is 1. The lowest BCUT2D eigenvalue weighted by atomic mass is 10.1. The first-order valence-electron chi connectivity index (χ1n) is 11.5. The van der Waals surface area contributed by atoms with Crippen molar-refractivity contribution in [1.29, 1.82) is 5.26 Å². The minimum Gasteiger partial charge on any atom is -0.493 e. The molecule has 0 unspecified atom stereocenters. The Morgan fingerprint density at radius 3 is 2.72 bits per heavy atom. The summed E-state index contributed by atoms with van der Waals surface area (Å²) in [5.74, 6) is -0.0695. The van der Waals surface area contributed by atoms with Crippen LogP contribution in [0.4, 0.5) is 10.5 Å². The van der Waals surface area contributed by atoms with Gasteiger partial charge in [0.05, 0.1) is 27.2 Å². The summed E-state index contributed by atoms with van der Waals surface area (Å²) in [6.07, 6.45) is 3.52. The first-order chi connectivity index (χ1) is 18.8. The quantitative estimate of drug-likeness (QED) is 0.164. The Morgan fingerprint density at radius 1 is 1.18 bits per heavy atom. The third-order valence-electron chi connectivity index (χ3n) is 5.59. The van der Waals surface area contributed by atoms with Crippen LogP contribution in [0.1, 0.15) is 16.7 Å². The van der Waals surface area contributed by atoms with Crippen molar-refractivity contribution in [3.8, 4) is 17.6 Å². The van der Waals surface area contributed by atoms with Crippen LogP contribution in [-0.4, -0.2) is 41.9 Å². The molecule has 1 heterocycles. The summed E-state index contributed by atoms with van der Waals surface area (Å²) in [5.41, 5.74) is 2.50. The molecule has 0 aliphatic carbocycles. The topological polar surface area (TPSA) is 109 Å². The second kappa shape index (κ2) is 13.1. The lowest BCUT2D eigenvalue weighted by Crippen LogP contribution is -2.36. The highest BCUT2D eigenvalue weighted by Crippen LogP contribution is 2.37. The summed E-state index contributed by atoms with van der Waals surface area (Å²) in [6.45, 7) is -0.207. The number of carbonyl (C=O) groups is 3. The molecular weight excluding hydrogens is 649 g/mol. The van der Waals surface area contributed by atoms with Crippen molar-refractivity contribution in [3.63, 3.8) is 0 Å². The van der Waals surface area contributed by atoms with E-state index in [2.05, 4.69) is 34.0 Å². The van der Waals surface area contributed by atoms with E-state index in [0.29, 0.717) is 28.3 Å². The van der Waals surface area contributed by atoms with Gasteiger partial charge in [-0.15, -0.1) is 11.8 Å². The predicted molar refractivity (Wildman–Crippen MR) is 161 cm³/mol. The van der Waals surface area contributed by atoms with E-state index in [1.54, 1.807) is 48.2 Å². The number of hydrogen-bond acceptors (Lipinski definition) is 8. The molecule has 3 aromatic rings. The van der Waals surface area contributed by atoms with E-state index in [-0.39, 0.29) is 18.1 Å². The van der Waals surface area contributed by atoms with Crippen molar-refractivity contribution in [2.75, 3.05) is 25.2 Å². The van der Waals surface area contributed by atoms with Crippen LogP contribution in [0, 0.1) is 14.9 Å². The van der Waals surface area contributed by atoms with Crippen molar-refractivity contribution in [2.24, 2.45) is 0 Å². The summed E-state index contributed by atoms with van der Waals surface area (Å²) in [5, 5.41) is 11.5. The molecule has 1 saturated heterocycles. The Bertz CT molecular complexity index is 1520. The average molecular weight is 672 g/mol. The van der Waals surface area contributed by atoms with E-state index in [0.717, 1.165) is 30.7 Å². The van der Waals surface area contributed by atoms with Crippen LogP contribution in [0.25, 0.3) is 6.08 Å². The van der Waals surface area contributed by atoms with Crippen molar-refractivity contribution in [3.05, 3.63) is 85.8 Å². The third kappa shape index (κ3) is 6.95. The fourth-order valence-corrected chi connectivity index (χ4v) is 5.78. The van der Waals surface area contributed by atoms with Gasteiger partial charge in [0.2, 0.25) is 5.91 Å². The summed E-state index contributed by atoms with van der Waals surface area (Å²) in [7, 11) is 1.51. The number of ether oxygens (including phenoxy) is 2. The monoisotopic (exact) mass is 671 g/mol. The molecule has 3 amide bonds. The van der Waals surface area contributed by atoms with Gasteiger partial charge in [-0.3, -0.25) is 19.3 Å². The summed E-state index contributed by atoms with van der Waals surface area (Å²) in [4.78, 5) is 40.2. The molecule has 0 aromatic heterocycles. The Morgan fingerprint density at radius 2 is 1.97 bits per heavy atom. The molecule has 3 aromatic carbocycles. The van der Waals surface area contributed by atoms with Gasteiger partial charge in [0.25, 0.3) is 11.1 Å². The summed E-state index contributed by atoms with van der Waals surface area (Å²) >= 11 is 4.42. The van der Waals surface area contributed by atoms with Crippen LogP contribution in [0.15, 0.2) is 70.5 Å². The SMILES string of the molecule is COc1cc(/C=C2/SC(=O)N(CC(=O)Nc3cccc(SC)c3)C2=O)cc(I)c1OCc1ccccc1C#N. The number of hydrogen-bond donors (Lipinski definition) is 1. The van der Waals surface area contributed by atoms with E-state index < -0.39 is 17.1 Å². The van der Waals surface area contributed by atoms with Gasteiger partial charge in [-0.1, -0.05) is 24.3 Å². The number of nitrogens with zero attached hydrogens (tertiary/aromatic N) is 2. The predicted octanol–water partition coefficient (Wildman–Crippen LogP) is 6.15. The largest absolute Gasteiger partial charge is 0.493 e. The molecule has 8 nitrogen and oxygen atoms in total. The normalized spacial score (nSPS) is 13.9. The molecule has 1 fully saturated rings. The van der Waals surface area contributed by atoms with Gasteiger partial charge >= 0.3 is 0 Å².